The number of hydrogen-bond acceptors (Lipinski definition) is 3. The number of anilines is 1. The van der Waals surface area contributed by atoms with Gasteiger partial charge in [-0.15, -0.1) is 0 Å². The maximum atomic E-state index is 12.4. The van der Waals surface area contributed by atoms with E-state index in [1.165, 1.54) is 24.7 Å². The highest BCUT2D eigenvalue weighted by atomic mass is 16.5. The second kappa shape index (κ2) is 9.30. The van der Waals surface area contributed by atoms with Gasteiger partial charge in [0.1, 0.15) is 12.3 Å². The average Bonchev–Trinajstić information content (AvgIpc) is 2.82. The number of ether oxygens (including phenoxy) is 1. The van der Waals surface area contributed by atoms with E-state index in [4.69, 9.17) is 4.74 Å². The van der Waals surface area contributed by atoms with Crippen molar-refractivity contribution < 1.29 is 14.3 Å². The summed E-state index contributed by atoms with van der Waals surface area (Å²) in [6.45, 7) is 3.91. The summed E-state index contributed by atoms with van der Waals surface area (Å²) < 4.78 is 5.59. The van der Waals surface area contributed by atoms with Crippen molar-refractivity contribution >= 4 is 17.5 Å². The minimum atomic E-state index is -0.168. The lowest BCUT2D eigenvalue weighted by molar-refractivity contribution is -0.123. The molecule has 2 amide bonds. The molecule has 0 heterocycles. The molecule has 1 aromatic rings. The van der Waals surface area contributed by atoms with E-state index in [2.05, 4.69) is 5.32 Å². The second-order valence-corrected chi connectivity index (χ2v) is 6.26. The zero-order valence-electron chi connectivity index (χ0n) is 14.7. The molecule has 1 aliphatic carbocycles. The lowest BCUT2D eigenvalue weighted by Crippen LogP contribution is -2.43. The maximum Gasteiger partial charge on any atom is 0.240 e. The smallest absolute Gasteiger partial charge is 0.240 e. The van der Waals surface area contributed by atoms with Crippen LogP contribution < -0.4 is 15.0 Å². The van der Waals surface area contributed by atoms with Crippen LogP contribution in [0, 0.1) is 0 Å². The Hall–Kier alpha value is -2.04. The Labute approximate surface area is 144 Å². The molecule has 24 heavy (non-hydrogen) atoms. The highest BCUT2D eigenvalue weighted by molar-refractivity contribution is 5.98. The van der Waals surface area contributed by atoms with Gasteiger partial charge in [-0.2, -0.15) is 0 Å². The monoisotopic (exact) mass is 332 g/mol. The molecule has 2 rings (SSSR count). The number of nitrogens with zero attached hydrogens (tertiary/aromatic N) is 1. The molecule has 0 aromatic heterocycles. The first-order valence-corrected chi connectivity index (χ1v) is 8.91. The molecule has 1 aromatic carbocycles. The van der Waals surface area contributed by atoms with E-state index in [1.54, 1.807) is 0 Å². The molecule has 132 valence electrons. The Kier molecular flexibility index (Phi) is 7.09. The predicted octanol–water partition coefficient (Wildman–Crippen LogP) is 3.28. The Balaban J connectivity index is 2.05. The van der Waals surface area contributed by atoms with Gasteiger partial charge in [0.05, 0.1) is 12.3 Å². The summed E-state index contributed by atoms with van der Waals surface area (Å²) in [6.07, 6.45) is 6.87. The van der Waals surface area contributed by atoms with Crippen molar-refractivity contribution in [3.05, 3.63) is 24.3 Å². The summed E-state index contributed by atoms with van der Waals surface area (Å²) in [5, 5.41) is 3.09. The Morgan fingerprint density at radius 1 is 1.17 bits per heavy atom. The van der Waals surface area contributed by atoms with Gasteiger partial charge in [0.2, 0.25) is 11.8 Å². The van der Waals surface area contributed by atoms with Gasteiger partial charge in [-0.05, 0) is 31.9 Å². The van der Waals surface area contributed by atoms with Gasteiger partial charge in [0.15, 0.2) is 0 Å². The summed E-state index contributed by atoms with van der Waals surface area (Å²) in [7, 11) is 0. The number of benzene rings is 1. The standard InChI is InChI=1S/C19H28N2O3/c1-3-24-18-13-9-8-12-17(18)21(15(2)22)14-19(23)20-16-10-6-4-5-7-11-16/h8-9,12-13,16H,3-7,10-11,14H2,1-2H3,(H,20,23). The van der Waals surface area contributed by atoms with Crippen LogP contribution in [-0.4, -0.2) is 31.0 Å². The van der Waals surface area contributed by atoms with Crippen molar-refractivity contribution in [2.24, 2.45) is 0 Å². The van der Waals surface area contributed by atoms with Crippen molar-refractivity contribution in [2.75, 3.05) is 18.1 Å². The number of rotatable bonds is 6. The van der Waals surface area contributed by atoms with Crippen molar-refractivity contribution in [1.29, 1.82) is 0 Å². The van der Waals surface area contributed by atoms with E-state index >= 15 is 0 Å². The van der Waals surface area contributed by atoms with Crippen LogP contribution in [0.2, 0.25) is 0 Å². The third kappa shape index (κ3) is 5.25. The quantitative estimate of drug-likeness (QED) is 0.813. The van der Waals surface area contributed by atoms with Crippen LogP contribution in [0.25, 0.3) is 0 Å². The van der Waals surface area contributed by atoms with Crippen LogP contribution in [0.5, 0.6) is 5.75 Å². The third-order valence-electron chi connectivity index (χ3n) is 4.36. The van der Waals surface area contributed by atoms with E-state index in [1.807, 2.05) is 31.2 Å². The molecule has 0 unspecified atom stereocenters. The Bertz CT molecular complexity index is 551. The number of hydrogen-bond donors (Lipinski definition) is 1. The molecule has 5 nitrogen and oxygen atoms in total. The summed E-state index contributed by atoms with van der Waals surface area (Å²) >= 11 is 0. The first kappa shape index (κ1) is 18.3. The number of amides is 2. The molecular weight excluding hydrogens is 304 g/mol. The summed E-state index contributed by atoms with van der Waals surface area (Å²) in [6, 6.07) is 7.56. The highest BCUT2D eigenvalue weighted by Gasteiger charge is 2.21. The minimum Gasteiger partial charge on any atom is -0.492 e. The van der Waals surface area contributed by atoms with Crippen LogP contribution in [0.4, 0.5) is 5.69 Å². The molecule has 5 heteroatoms. The topological polar surface area (TPSA) is 58.6 Å². The molecule has 1 N–H and O–H groups in total. The lowest BCUT2D eigenvalue weighted by atomic mass is 10.1. The zero-order valence-corrected chi connectivity index (χ0v) is 14.7. The SMILES string of the molecule is CCOc1ccccc1N(CC(=O)NC1CCCCCC1)C(C)=O. The first-order chi connectivity index (χ1) is 11.6. The highest BCUT2D eigenvalue weighted by Crippen LogP contribution is 2.28. The number of para-hydroxylation sites is 2. The fraction of sp³-hybridized carbons (Fsp3) is 0.579. The average molecular weight is 332 g/mol. The molecule has 0 aliphatic heterocycles. The zero-order chi connectivity index (χ0) is 17.4. The molecule has 0 radical (unpaired) electrons. The van der Waals surface area contributed by atoms with E-state index in [-0.39, 0.29) is 24.4 Å². The lowest BCUT2D eigenvalue weighted by Gasteiger charge is -2.24. The first-order valence-electron chi connectivity index (χ1n) is 8.91. The van der Waals surface area contributed by atoms with Gasteiger partial charge in [-0.25, -0.2) is 0 Å². The molecule has 0 atom stereocenters. The largest absolute Gasteiger partial charge is 0.492 e. The number of carbonyl (C=O) groups is 2. The van der Waals surface area contributed by atoms with E-state index in [0.717, 1.165) is 25.7 Å². The van der Waals surface area contributed by atoms with Crippen LogP contribution in [-0.2, 0) is 9.59 Å². The normalized spacial score (nSPS) is 15.4. The van der Waals surface area contributed by atoms with Crippen molar-refractivity contribution in [1.82, 2.24) is 5.32 Å². The molecule has 0 spiro atoms. The van der Waals surface area contributed by atoms with Crippen molar-refractivity contribution in [3.8, 4) is 5.75 Å². The molecule has 0 saturated heterocycles. The van der Waals surface area contributed by atoms with Crippen LogP contribution in [0.15, 0.2) is 24.3 Å². The fourth-order valence-corrected chi connectivity index (χ4v) is 3.16. The van der Waals surface area contributed by atoms with E-state index in [0.29, 0.717) is 18.0 Å². The number of nitrogens with one attached hydrogen (secondary N) is 1. The van der Waals surface area contributed by atoms with Gasteiger partial charge >= 0.3 is 0 Å². The van der Waals surface area contributed by atoms with E-state index < -0.39 is 0 Å². The molecule has 1 aliphatic rings. The molecule has 1 fully saturated rings. The molecule has 1 saturated carbocycles. The van der Waals surface area contributed by atoms with Gasteiger partial charge in [-0.1, -0.05) is 37.8 Å². The second-order valence-electron chi connectivity index (χ2n) is 6.26. The summed E-state index contributed by atoms with van der Waals surface area (Å²) in [5.74, 6) is 0.346. The maximum absolute atomic E-state index is 12.4. The minimum absolute atomic E-state index is 0.0237. The molecular formula is C19H28N2O3. The van der Waals surface area contributed by atoms with Gasteiger partial charge in [0.25, 0.3) is 0 Å². The Morgan fingerprint density at radius 3 is 2.46 bits per heavy atom. The fourth-order valence-electron chi connectivity index (χ4n) is 3.16. The summed E-state index contributed by atoms with van der Waals surface area (Å²) in [5.41, 5.74) is 0.642. The van der Waals surface area contributed by atoms with Crippen molar-refractivity contribution in [3.63, 3.8) is 0 Å². The van der Waals surface area contributed by atoms with Gasteiger partial charge in [-0.3, -0.25) is 14.5 Å². The predicted molar refractivity (Wildman–Crippen MR) is 95.3 cm³/mol. The van der Waals surface area contributed by atoms with Crippen molar-refractivity contribution in [2.45, 2.75) is 58.4 Å². The Morgan fingerprint density at radius 2 is 1.83 bits per heavy atom. The molecule has 0 bridgehead atoms. The van der Waals surface area contributed by atoms with Gasteiger partial charge in [0, 0.05) is 13.0 Å². The third-order valence-corrected chi connectivity index (χ3v) is 4.36. The van der Waals surface area contributed by atoms with Crippen LogP contribution >= 0.6 is 0 Å². The van der Waals surface area contributed by atoms with Crippen LogP contribution in [0.1, 0.15) is 52.4 Å². The van der Waals surface area contributed by atoms with E-state index in [9.17, 15) is 9.59 Å². The van der Waals surface area contributed by atoms with Gasteiger partial charge < -0.3 is 10.1 Å². The van der Waals surface area contributed by atoms with Crippen LogP contribution in [0.3, 0.4) is 0 Å². The number of carbonyl (C=O) groups excluding carboxylic acids is 2. The summed E-state index contributed by atoms with van der Waals surface area (Å²) in [4.78, 5) is 26.0.